The van der Waals surface area contributed by atoms with Crippen LogP contribution in [-0.4, -0.2) is 144 Å². The number of nitrogens with zero attached hydrogens (tertiary/aromatic N) is 9. The number of aromatic nitrogens is 6. The third-order valence-corrected chi connectivity index (χ3v) is 15.0. The second kappa shape index (κ2) is 25.0. The molecular formula is C59H76N12O8. The van der Waals surface area contributed by atoms with Crippen LogP contribution in [0.5, 0.6) is 11.5 Å². The minimum Gasteiger partial charge on any atom is -0.488 e. The summed E-state index contributed by atoms with van der Waals surface area (Å²) in [7, 11) is 0. The van der Waals surface area contributed by atoms with Gasteiger partial charge in [0.05, 0.1) is 17.1 Å². The van der Waals surface area contributed by atoms with E-state index in [9.17, 15) is 24.0 Å². The number of carbonyl (C=O) groups excluding carboxylic acids is 5. The summed E-state index contributed by atoms with van der Waals surface area (Å²) in [6.07, 6.45) is 11.6. The Kier molecular flexibility index (Phi) is 17.8. The fourth-order valence-corrected chi connectivity index (χ4v) is 11.0. The van der Waals surface area contributed by atoms with Crippen LogP contribution in [0.4, 0.5) is 16.7 Å². The number of ether oxygens (including phenoxy) is 3. The minimum absolute atomic E-state index is 0.0274. The van der Waals surface area contributed by atoms with Gasteiger partial charge in [0.1, 0.15) is 40.3 Å². The lowest BCUT2D eigenvalue weighted by Crippen LogP contribution is -2.40. The van der Waals surface area contributed by atoms with Crippen molar-refractivity contribution in [2.45, 2.75) is 143 Å². The van der Waals surface area contributed by atoms with E-state index in [0.29, 0.717) is 73.6 Å². The highest BCUT2D eigenvalue weighted by Gasteiger charge is 2.33. The summed E-state index contributed by atoms with van der Waals surface area (Å²) in [4.78, 5) is 86.9. The van der Waals surface area contributed by atoms with Crippen LogP contribution < -0.4 is 25.4 Å². The Bertz CT molecular complexity index is 3140. The van der Waals surface area contributed by atoms with Gasteiger partial charge in [-0.1, -0.05) is 18.6 Å². The maximum absolute atomic E-state index is 13.4. The first-order valence-corrected chi connectivity index (χ1v) is 28.0. The van der Waals surface area contributed by atoms with Crippen LogP contribution in [0.1, 0.15) is 143 Å². The van der Waals surface area contributed by atoms with Crippen molar-refractivity contribution < 1.29 is 38.2 Å². The lowest BCUT2D eigenvalue weighted by Gasteiger charge is -2.32. The van der Waals surface area contributed by atoms with Crippen molar-refractivity contribution in [3.8, 4) is 11.5 Å². The number of piperidine rings is 2. The van der Waals surface area contributed by atoms with Crippen molar-refractivity contribution in [3.05, 3.63) is 95.6 Å². The van der Waals surface area contributed by atoms with E-state index < -0.39 is 5.60 Å². The van der Waals surface area contributed by atoms with E-state index in [0.717, 1.165) is 111 Å². The number of anilines is 2. The fourth-order valence-electron chi connectivity index (χ4n) is 11.0. The molecule has 10 rings (SSSR count). The quantitative estimate of drug-likeness (QED) is 0.117. The van der Waals surface area contributed by atoms with Crippen molar-refractivity contribution in [1.29, 1.82) is 0 Å². The highest BCUT2D eigenvalue weighted by atomic mass is 16.6. The molecule has 6 aromatic rings. The predicted octanol–water partition coefficient (Wildman–Crippen LogP) is 9.04. The standard InChI is InChI=1S/C32H42N6O5.C27H34N6O3/c1-21-19-23(12-15-33-21)29(40)35-30-34-26-10-8-11-27(42-25-13-17-36(18-14-25)22(2)39)28(26)38(30)24-9-6-7-16-37(20-24)31(41)43-32(3,4)5;1-18-16-20(9-13-29-18)26(35)31-27-30-23-7-5-8-24(36-22-10-14-32(15-11-22)19(2)34)25(23)33(27)21-6-3-4-12-28-17-21/h8,10-12,15,19,24-25H,6-7,9,13-14,16-18,20H2,1-5H3,(H,34,35,40);5,7-9,13,16,21-22,28H,3-4,6,10-12,14-15,17H2,1-2H3,(H,30,31,35)/t24-;21-/m11/s1. The number of likely N-dealkylation sites (tertiary alicyclic amines) is 3. The molecule has 4 aromatic heterocycles. The van der Waals surface area contributed by atoms with Crippen LogP contribution >= 0.6 is 0 Å². The lowest BCUT2D eigenvalue weighted by atomic mass is 10.1. The normalized spacial score (nSPS) is 18.7. The van der Waals surface area contributed by atoms with E-state index in [1.165, 1.54) is 0 Å². The number of pyridine rings is 2. The Morgan fingerprint density at radius 1 is 0.595 bits per heavy atom. The van der Waals surface area contributed by atoms with Crippen molar-refractivity contribution in [3.63, 3.8) is 0 Å². The summed E-state index contributed by atoms with van der Waals surface area (Å²) in [5, 5.41) is 9.65. The topological polar surface area (TPSA) is 220 Å². The largest absolute Gasteiger partial charge is 0.488 e. The van der Waals surface area contributed by atoms with Gasteiger partial charge in [-0.15, -0.1) is 0 Å². The van der Waals surface area contributed by atoms with Gasteiger partial charge < -0.3 is 43.4 Å². The molecule has 8 heterocycles. The van der Waals surface area contributed by atoms with E-state index in [1.54, 1.807) is 55.4 Å². The molecule has 4 fully saturated rings. The first-order valence-electron chi connectivity index (χ1n) is 28.0. The molecule has 20 heteroatoms. The fraction of sp³-hybridized carbons (Fsp3) is 0.508. The third-order valence-electron chi connectivity index (χ3n) is 15.0. The number of carbonyl (C=O) groups is 5. The van der Waals surface area contributed by atoms with E-state index >= 15 is 0 Å². The molecule has 0 aliphatic carbocycles. The van der Waals surface area contributed by atoms with Crippen LogP contribution in [0.2, 0.25) is 0 Å². The van der Waals surface area contributed by atoms with Gasteiger partial charge in [-0.05, 0) is 122 Å². The predicted molar refractivity (Wildman–Crippen MR) is 302 cm³/mol. The molecule has 0 radical (unpaired) electrons. The smallest absolute Gasteiger partial charge is 0.410 e. The van der Waals surface area contributed by atoms with E-state index in [1.807, 2.05) is 85.4 Å². The molecule has 0 spiro atoms. The second-order valence-electron chi connectivity index (χ2n) is 22.2. The molecular weight excluding hydrogens is 1000 g/mol. The molecule has 79 heavy (non-hydrogen) atoms. The SMILES string of the molecule is CC(=O)N1CCC(Oc2cccc3nc(NC(=O)c4ccnc(C)c4)n([C@@H]4CCCCN(C(=O)OC(C)(C)C)C4)c23)CC1.CC(=O)N1CCC(Oc2cccc3nc(NC(=O)c4ccnc(C)c4)n([C@@H]4CCCCNC4)c23)CC1. The molecule has 3 N–H and O–H groups in total. The van der Waals surface area contributed by atoms with Crippen LogP contribution in [0.25, 0.3) is 22.1 Å². The van der Waals surface area contributed by atoms with Gasteiger partial charge in [0.15, 0.2) is 0 Å². The number of amides is 5. The molecule has 5 amide bonds. The average molecular weight is 1080 g/mol. The highest BCUT2D eigenvalue weighted by Crippen LogP contribution is 2.38. The molecule has 4 saturated heterocycles. The number of para-hydroxylation sites is 2. The zero-order chi connectivity index (χ0) is 55.8. The molecule has 0 bridgehead atoms. The van der Waals surface area contributed by atoms with Crippen molar-refractivity contribution in [1.82, 2.24) is 49.1 Å². The minimum atomic E-state index is -0.610. The van der Waals surface area contributed by atoms with Crippen molar-refractivity contribution in [2.24, 2.45) is 0 Å². The second-order valence-corrected chi connectivity index (χ2v) is 22.2. The number of rotatable bonds is 10. The van der Waals surface area contributed by atoms with Gasteiger partial charge >= 0.3 is 6.09 Å². The van der Waals surface area contributed by atoms with Crippen molar-refractivity contribution in [2.75, 3.05) is 63.0 Å². The average Bonchev–Trinajstić information content (AvgIpc) is 3.69. The van der Waals surface area contributed by atoms with E-state index in [2.05, 4.69) is 30.5 Å². The number of benzene rings is 2. The van der Waals surface area contributed by atoms with Crippen molar-refractivity contribution >= 4 is 63.7 Å². The number of imidazole rings is 2. The molecule has 20 nitrogen and oxygen atoms in total. The molecule has 4 aliphatic rings. The zero-order valence-corrected chi connectivity index (χ0v) is 46.8. The molecule has 0 saturated carbocycles. The Labute approximate surface area is 462 Å². The Morgan fingerprint density at radius 2 is 1.08 bits per heavy atom. The van der Waals surface area contributed by atoms with Gasteiger partial charge in [0.2, 0.25) is 23.7 Å². The van der Waals surface area contributed by atoms with Crippen LogP contribution in [0.3, 0.4) is 0 Å². The molecule has 2 atom stereocenters. The third kappa shape index (κ3) is 14.0. The van der Waals surface area contributed by atoms with Gasteiger partial charge in [-0.3, -0.25) is 39.8 Å². The summed E-state index contributed by atoms with van der Waals surface area (Å²) >= 11 is 0. The maximum atomic E-state index is 13.4. The van der Waals surface area contributed by atoms with Gasteiger partial charge in [0.25, 0.3) is 11.8 Å². The number of hydrogen-bond acceptors (Lipinski definition) is 13. The number of aryl methyl sites for hydroxylation is 2. The molecule has 2 aromatic carbocycles. The lowest BCUT2D eigenvalue weighted by molar-refractivity contribution is -0.131. The Balaban J connectivity index is 0.000000195. The molecule has 4 aliphatic heterocycles. The van der Waals surface area contributed by atoms with Gasteiger partial charge in [-0.25, -0.2) is 14.8 Å². The van der Waals surface area contributed by atoms with Gasteiger partial charge in [0, 0.05) is 126 Å². The van der Waals surface area contributed by atoms with Crippen LogP contribution in [0, 0.1) is 13.8 Å². The number of nitrogens with one attached hydrogen (secondary N) is 3. The number of hydrogen-bond donors (Lipinski definition) is 3. The summed E-state index contributed by atoms with van der Waals surface area (Å²) in [5.74, 6) is 2.04. The zero-order valence-electron chi connectivity index (χ0n) is 46.8. The van der Waals surface area contributed by atoms with Gasteiger partial charge in [-0.2, -0.15) is 0 Å². The first kappa shape index (κ1) is 56.1. The van der Waals surface area contributed by atoms with Crippen LogP contribution in [-0.2, 0) is 14.3 Å². The summed E-state index contributed by atoms with van der Waals surface area (Å²) < 4.78 is 23.0. The summed E-state index contributed by atoms with van der Waals surface area (Å²) in [5.41, 5.74) is 5.11. The van der Waals surface area contributed by atoms with E-state index in [4.69, 9.17) is 24.2 Å². The molecule has 0 unspecified atom stereocenters. The monoisotopic (exact) mass is 1080 g/mol. The Hall–Kier alpha value is -7.61. The highest BCUT2D eigenvalue weighted by molar-refractivity contribution is 6.05. The summed E-state index contributed by atoms with van der Waals surface area (Å²) in [6.45, 7) is 18.0. The first-order chi connectivity index (χ1) is 38.0. The van der Waals surface area contributed by atoms with E-state index in [-0.39, 0.29) is 54.0 Å². The molecule has 420 valence electrons. The Morgan fingerprint density at radius 3 is 1.56 bits per heavy atom. The summed E-state index contributed by atoms with van der Waals surface area (Å²) in [6, 6.07) is 18.5. The number of fused-ring (bicyclic) bond motifs is 2. The van der Waals surface area contributed by atoms with Crippen LogP contribution in [0.15, 0.2) is 73.1 Å². The maximum Gasteiger partial charge on any atom is 0.410 e.